The lowest BCUT2D eigenvalue weighted by Crippen LogP contribution is -2.48. The molecule has 17 heavy (non-hydrogen) atoms. The molecule has 1 fully saturated rings. The summed E-state index contributed by atoms with van der Waals surface area (Å²) in [5.74, 6) is 1.51. The molecule has 1 aliphatic rings. The molecular weight excluding hydrogens is 218 g/mol. The van der Waals surface area contributed by atoms with Gasteiger partial charge in [-0.3, -0.25) is 4.79 Å². The van der Waals surface area contributed by atoms with Gasteiger partial charge in [0.05, 0.1) is 17.8 Å². The Kier molecular flexibility index (Phi) is 3.24. The summed E-state index contributed by atoms with van der Waals surface area (Å²) in [6.07, 6.45) is 0.187. The number of furan rings is 1. The Hall–Kier alpha value is -1.29. The van der Waals surface area contributed by atoms with Crippen molar-refractivity contribution in [2.75, 3.05) is 13.1 Å². The predicted octanol–water partition coefficient (Wildman–Crippen LogP) is 2.15. The number of hydrogen-bond donors (Lipinski definition) is 0. The van der Waals surface area contributed by atoms with E-state index >= 15 is 0 Å². The number of aryl methyl sites for hydroxylation is 2. The summed E-state index contributed by atoms with van der Waals surface area (Å²) in [5.41, 5.74) is 0.670. The average molecular weight is 237 g/mol. The van der Waals surface area contributed by atoms with Gasteiger partial charge in [-0.25, -0.2) is 0 Å². The summed E-state index contributed by atoms with van der Waals surface area (Å²) < 4.78 is 11.0. The van der Waals surface area contributed by atoms with E-state index in [1.165, 1.54) is 0 Å². The highest BCUT2D eigenvalue weighted by atomic mass is 16.5. The maximum Gasteiger partial charge on any atom is 0.257 e. The van der Waals surface area contributed by atoms with Gasteiger partial charge in [0.1, 0.15) is 11.5 Å². The van der Waals surface area contributed by atoms with Crippen LogP contribution in [0.4, 0.5) is 0 Å². The summed E-state index contributed by atoms with van der Waals surface area (Å²) in [4.78, 5) is 14.2. The van der Waals surface area contributed by atoms with E-state index in [2.05, 4.69) is 0 Å². The Morgan fingerprint density at radius 1 is 1.29 bits per heavy atom. The largest absolute Gasteiger partial charge is 0.466 e. The van der Waals surface area contributed by atoms with Crippen LogP contribution in [0.25, 0.3) is 0 Å². The molecule has 2 heterocycles. The van der Waals surface area contributed by atoms with E-state index in [0.717, 1.165) is 5.76 Å². The highest BCUT2D eigenvalue weighted by Gasteiger charge is 2.28. The van der Waals surface area contributed by atoms with Crippen LogP contribution < -0.4 is 0 Å². The maximum atomic E-state index is 12.3. The molecule has 4 heteroatoms. The van der Waals surface area contributed by atoms with Gasteiger partial charge < -0.3 is 14.1 Å². The van der Waals surface area contributed by atoms with Crippen LogP contribution in [0.3, 0.4) is 0 Å². The van der Waals surface area contributed by atoms with Crippen LogP contribution in [0.15, 0.2) is 10.5 Å². The number of carbonyl (C=O) groups excluding carboxylic acids is 1. The van der Waals surface area contributed by atoms with Gasteiger partial charge >= 0.3 is 0 Å². The molecule has 94 valence electrons. The number of nitrogens with zero attached hydrogens (tertiary/aromatic N) is 1. The van der Waals surface area contributed by atoms with Crippen LogP contribution in [0.1, 0.15) is 35.7 Å². The molecule has 0 spiro atoms. The van der Waals surface area contributed by atoms with Crippen LogP contribution >= 0.6 is 0 Å². The van der Waals surface area contributed by atoms with Crippen molar-refractivity contribution in [2.24, 2.45) is 0 Å². The monoisotopic (exact) mass is 237 g/mol. The van der Waals surface area contributed by atoms with Crippen molar-refractivity contribution in [3.63, 3.8) is 0 Å². The van der Waals surface area contributed by atoms with Gasteiger partial charge in [0.25, 0.3) is 5.91 Å². The van der Waals surface area contributed by atoms with Crippen molar-refractivity contribution in [3.05, 3.63) is 23.2 Å². The Bertz CT molecular complexity index is 414. The van der Waals surface area contributed by atoms with Crippen molar-refractivity contribution < 1.29 is 13.9 Å². The first-order valence-electron chi connectivity index (χ1n) is 5.99. The topological polar surface area (TPSA) is 42.7 Å². The molecular formula is C13H19NO3. The maximum absolute atomic E-state index is 12.3. The first-order chi connectivity index (χ1) is 7.97. The Labute approximate surface area is 102 Å². The van der Waals surface area contributed by atoms with Crippen LogP contribution in [0.5, 0.6) is 0 Å². The molecule has 2 rings (SSSR count). The van der Waals surface area contributed by atoms with E-state index in [1.807, 2.05) is 38.7 Å². The van der Waals surface area contributed by atoms with Gasteiger partial charge in [-0.05, 0) is 33.8 Å². The van der Waals surface area contributed by atoms with E-state index in [0.29, 0.717) is 24.4 Å². The van der Waals surface area contributed by atoms with Crippen LogP contribution in [0, 0.1) is 13.8 Å². The van der Waals surface area contributed by atoms with E-state index in [4.69, 9.17) is 9.15 Å². The van der Waals surface area contributed by atoms with Crippen LogP contribution in [-0.4, -0.2) is 36.1 Å². The molecule has 0 aliphatic carbocycles. The molecule has 1 aliphatic heterocycles. The zero-order valence-corrected chi connectivity index (χ0v) is 10.8. The van der Waals surface area contributed by atoms with Gasteiger partial charge in [0.2, 0.25) is 0 Å². The molecule has 2 atom stereocenters. The second kappa shape index (κ2) is 4.53. The number of rotatable bonds is 1. The number of morpholine rings is 1. The molecule has 0 bridgehead atoms. The zero-order chi connectivity index (χ0) is 12.6. The van der Waals surface area contributed by atoms with Crippen molar-refractivity contribution in [1.82, 2.24) is 4.90 Å². The minimum absolute atomic E-state index is 0.0429. The first kappa shape index (κ1) is 12.2. The molecule has 0 N–H and O–H groups in total. The Morgan fingerprint density at radius 3 is 2.35 bits per heavy atom. The van der Waals surface area contributed by atoms with Gasteiger partial charge in [0.15, 0.2) is 0 Å². The fourth-order valence-corrected chi connectivity index (χ4v) is 2.36. The molecule has 0 saturated carbocycles. The number of carbonyl (C=O) groups is 1. The zero-order valence-electron chi connectivity index (χ0n) is 10.8. The summed E-state index contributed by atoms with van der Waals surface area (Å²) in [5, 5.41) is 0. The lowest BCUT2D eigenvalue weighted by atomic mass is 10.1. The first-order valence-corrected chi connectivity index (χ1v) is 5.99. The molecule has 1 aromatic heterocycles. The quantitative estimate of drug-likeness (QED) is 0.751. The van der Waals surface area contributed by atoms with E-state index < -0.39 is 0 Å². The number of ether oxygens (including phenoxy) is 1. The van der Waals surface area contributed by atoms with Crippen molar-refractivity contribution >= 4 is 5.91 Å². The van der Waals surface area contributed by atoms with Gasteiger partial charge in [-0.2, -0.15) is 0 Å². The third kappa shape index (κ3) is 2.52. The smallest absolute Gasteiger partial charge is 0.257 e. The fourth-order valence-electron chi connectivity index (χ4n) is 2.36. The Balaban J connectivity index is 2.17. The lowest BCUT2D eigenvalue weighted by Gasteiger charge is -2.35. The fraction of sp³-hybridized carbons (Fsp3) is 0.615. The highest BCUT2D eigenvalue weighted by molar-refractivity contribution is 5.95. The molecule has 1 saturated heterocycles. The summed E-state index contributed by atoms with van der Waals surface area (Å²) in [7, 11) is 0. The van der Waals surface area contributed by atoms with Crippen LogP contribution in [0.2, 0.25) is 0 Å². The minimum atomic E-state index is 0.0429. The molecule has 0 radical (unpaired) electrons. The number of hydrogen-bond acceptors (Lipinski definition) is 3. The molecule has 0 aromatic carbocycles. The van der Waals surface area contributed by atoms with Crippen molar-refractivity contribution in [1.29, 1.82) is 0 Å². The second-order valence-electron chi connectivity index (χ2n) is 4.79. The normalized spacial score (nSPS) is 25.1. The Morgan fingerprint density at radius 2 is 1.88 bits per heavy atom. The van der Waals surface area contributed by atoms with Gasteiger partial charge in [0, 0.05) is 13.1 Å². The summed E-state index contributed by atoms with van der Waals surface area (Å²) in [6.45, 7) is 8.95. The predicted molar refractivity (Wildman–Crippen MR) is 64.1 cm³/mol. The van der Waals surface area contributed by atoms with Crippen LogP contribution in [-0.2, 0) is 4.74 Å². The average Bonchev–Trinajstić information content (AvgIpc) is 2.55. The summed E-state index contributed by atoms with van der Waals surface area (Å²) in [6, 6.07) is 1.81. The van der Waals surface area contributed by atoms with E-state index in [1.54, 1.807) is 0 Å². The summed E-state index contributed by atoms with van der Waals surface area (Å²) >= 11 is 0. The van der Waals surface area contributed by atoms with Gasteiger partial charge in [-0.1, -0.05) is 0 Å². The molecule has 1 aromatic rings. The minimum Gasteiger partial charge on any atom is -0.466 e. The third-order valence-corrected chi connectivity index (χ3v) is 2.98. The highest BCUT2D eigenvalue weighted by Crippen LogP contribution is 2.19. The molecule has 0 unspecified atom stereocenters. The number of amides is 1. The molecule has 1 amide bonds. The SMILES string of the molecule is Cc1cc(C(=O)N2C[C@H](C)O[C@@H](C)C2)c(C)o1. The molecule has 4 nitrogen and oxygen atoms in total. The van der Waals surface area contributed by atoms with E-state index in [9.17, 15) is 4.79 Å². The third-order valence-electron chi connectivity index (χ3n) is 2.98. The standard InChI is InChI=1S/C13H19NO3/c1-8-5-12(11(4)17-8)13(15)14-6-9(2)16-10(3)7-14/h5,9-10H,6-7H2,1-4H3/t9-,10-/m0/s1. The lowest BCUT2D eigenvalue weighted by molar-refractivity contribution is -0.0586. The van der Waals surface area contributed by atoms with Crippen molar-refractivity contribution in [2.45, 2.75) is 39.9 Å². The van der Waals surface area contributed by atoms with Gasteiger partial charge in [-0.15, -0.1) is 0 Å². The second-order valence-corrected chi connectivity index (χ2v) is 4.79. The van der Waals surface area contributed by atoms with Crippen molar-refractivity contribution in [3.8, 4) is 0 Å². The van der Waals surface area contributed by atoms with E-state index in [-0.39, 0.29) is 18.1 Å².